The minimum absolute atomic E-state index is 0.0165. The van der Waals surface area contributed by atoms with Crippen LogP contribution < -0.4 is 15.0 Å². The van der Waals surface area contributed by atoms with Crippen molar-refractivity contribution in [1.29, 1.82) is 0 Å². The van der Waals surface area contributed by atoms with Gasteiger partial charge in [-0.25, -0.2) is 18.7 Å². The summed E-state index contributed by atoms with van der Waals surface area (Å²) in [7, 11) is 4.95. The van der Waals surface area contributed by atoms with Crippen LogP contribution >= 0.6 is 0 Å². The number of hydrogen-bond donors (Lipinski definition) is 1. The quantitative estimate of drug-likeness (QED) is 0.436. The van der Waals surface area contributed by atoms with Crippen LogP contribution in [0.3, 0.4) is 0 Å². The van der Waals surface area contributed by atoms with Gasteiger partial charge < -0.3 is 15.0 Å². The summed E-state index contributed by atoms with van der Waals surface area (Å²) in [5.74, 6) is -1.08. The molecule has 1 aromatic carbocycles. The lowest BCUT2D eigenvalue weighted by molar-refractivity contribution is 0.383. The van der Waals surface area contributed by atoms with Crippen molar-refractivity contribution >= 4 is 22.7 Å². The minimum atomic E-state index is -0.777. The highest BCUT2D eigenvalue weighted by molar-refractivity contribution is 5.77. The summed E-state index contributed by atoms with van der Waals surface area (Å²) in [5.41, 5.74) is 2.49. The van der Waals surface area contributed by atoms with Gasteiger partial charge in [0.15, 0.2) is 23.0 Å². The fourth-order valence-electron chi connectivity index (χ4n) is 3.59. The van der Waals surface area contributed by atoms with Gasteiger partial charge in [0.2, 0.25) is 0 Å². The summed E-state index contributed by atoms with van der Waals surface area (Å²) < 4.78 is 37.6. The Morgan fingerprint density at radius 1 is 1.15 bits per heavy atom. The third-order valence-electron chi connectivity index (χ3n) is 5.34. The van der Waals surface area contributed by atoms with Crippen molar-refractivity contribution in [3.63, 3.8) is 0 Å². The third kappa shape index (κ3) is 4.34. The Morgan fingerprint density at radius 2 is 1.97 bits per heavy atom. The van der Waals surface area contributed by atoms with Crippen LogP contribution in [0, 0.1) is 11.6 Å². The molecule has 0 bridgehead atoms. The summed E-state index contributed by atoms with van der Waals surface area (Å²) in [6.07, 6.45) is 5.55. The Hall–Kier alpha value is -3.66. The zero-order valence-electron chi connectivity index (χ0n) is 18.9. The van der Waals surface area contributed by atoms with Gasteiger partial charge in [0.25, 0.3) is 0 Å². The largest absolute Gasteiger partial charge is 0.494 e. The fraction of sp³-hybridized carbons (Fsp3) is 0.304. The van der Waals surface area contributed by atoms with Crippen molar-refractivity contribution in [2.45, 2.75) is 13.3 Å². The number of aromatic nitrogens is 5. The van der Waals surface area contributed by atoms with E-state index in [0.717, 1.165) is 5.56 Å². The number of ether oxygens (including phenoxy) is 1. The van der Waals surface area contributed by atoms with Crippen LogP contribution in [0.25, 0.3) is 22.4 Å². The number of halogens is 2. The first-order chi connectivity index (χ1) is 16.0. The van der Waals surface area contributed by atoms with Crippen LogP contribution in [0.4, 0.5) is 20.3 Å². The Balaban J connectivity index is 1.86. The topological polar surface area (TPSA) is 81.0 Å². The number of likely N-dealkylation sites (N-methyl/N-ethyl adjacent to an activating group) is 1. The van der Waals surface area contributed by atoms with Crippen LogP contribution in [-0.4, -0.2) is 52.0 Å². The van der Waals surface area contributed by atoms with E-state index in [1.807, 2.05) is 13.2 Å². The van der Waals surface area contributed by atoms with E-state index in [1.54, 1.807) is 43.2 Å². The van der Waals surface area contributed by atoms with E-state index in [1.165, 1.54) is 18.1 Å². The molecular formula is C23H25F2N7O. The molecule has 0 aliphatic heterocycles. The fourth-order valence-corrected chi connectivity index (χ4v) is 3.59. The highest BCUT2D eigenvalue weighted by Crippen LogP contribution is 2.37. The van der Waals surface area contributed by atoms with Gasteiger partial charge in [0, 0.05) is 31.9 Å². The maximum absolute atomic E-state index is 15.4. The Bertz CT molecular complexity index is 1260. The number of aryl methyl sites for hydroxylation is 2. The molecule has 0 unspecified atom stereocenters. The molecular weight excluding hydrogens is 428 g/mol. The van der Waals surface area contributed by atoms with Gasteiger partial charge >= 0.3 is 0 Å². The monoisotopic (exact) mass is 453 g/mol. The van der Waals surface area contributed by atoms with Crippen LogP contribution in [-0.2, 0) is 13.5 Å². The molecule has 172 valence electrons. The number of rotatable bonds is 8. The smallest absolute Gasteiger partial charge is 0.191 e. The molecule has 0 radical (unpaired) electrons. The van der Waals surface area contributed by atoms with Gasteiger partial charge in [-0.05, 0) is 37.2 Å². The Labute approximate surface area is 190 Å². The predicted molar refractivity (Wildman–Crippen MR) is 123 cm³/mol. The lowest BCUT2D eigenvalue weighted by Crippen LogP contribution is -2.29. The van der Waals surface area contributed by atoms with Crippen LogP contribution in [0.1, 0.15) is 12.5 Å². The molecule has 0 fully saturated rings. The van der Waals surface area contributed by atoms with E-state index >= 15 is 8.78 Å². The second-order valence-electron chi connectivity index (χ2n) is 7.49. The number of pyridine rings is 1. The SMILES string of the molecule is CCc1cc(OC)c(F)c(N(CCNC)c2ccc3ncc(-c4cnn(C)c4)nc3n2)c1F. The Morgan fingerprint density at radius 3 is 2.64 bits per heavy atom. The summed E-state index contributed by atoms with van der Waals surface area (Å²) in [6.45, 7) is 2.55. The van der Waals surface area contributed by atoms with Crippen molar-refractivity contribution in [3.8, 4) is 17.0 Å². The van der Waals surface area contributed by atoms with Crippen LogP contribution in [0.15, 0.2) is 36.8 Å². The van der Waals surface area contributed by atoms with Crippen molar-refractivity contribution in [1.82, 2.24) is 30.0 Å². The van der Waals surface area contributed by atoms with E-state index < -0.39 is 11.6 Å². The summed E-state index contributed by atoms with van der Waals surface area (Å²) in [5, 5.41) is 7.18. The number of hydrogen-bond acceptors (Lipinski definition) is 7. The molecule has 0 saturated heterocycles. The van der Waals surface area contributed by atoms with E-state index in [9.17, 15) is 0 Å². The average molecular weight is 453 g/mol. The second kappa shape index (κ2) is 9.45. The van der Waals surface area contributed by atoms with Gasteiger partial charge in [-0.15, -0.1) is 0 Å². The first-order valence-corrected chi connectivity index (χ1v) is 10.6. The molecule has 0 saturated carbocycles. The number of fused-ring (bicyclic) bond motifs is 1. The summed E-state index contributed by atoms with van der Waals surface area (Å²) >= 11 is 0. The molecule has 0 atom stereocenters. The zero-order chi connectivity index (χ0) is 23.5. The molecule has 0 aliphatic rings. The lowest BCUT2D eigenvalue weighted by atomic mass is 10.1. The van der Waals surface area contributed by atoms with Crippen molar-refractivity contribution in [2.75, 3.05) is 32.1 Å². The van der Waals surface area contributed by atoms with Crippen LogP contribution in [0.5, 0.6) is 5.75 Å². The Kier molecular flexibility index (Phi) is 6.45. The molecule has 33 heavy (non-hydrogen) atoms. The summed E-state index contributed by atoms with van der Waals surface area (Å²) in [6, 6.07) is 4.81. The van der Waals surface area contributed by atoms with Gasteiger partial charge in [-0.3, -0.25) is 9.67 Å². The maximum Gasteiger partial charge on any atom is 0.191 e. The second-order valence-corrected chi connectivity index (χ2v) is 7.49. The van der Waals surface area contributed by atoms with Crippen LogP contribution in [0.2, 0.25) is 0 Å². The van der Waals surface area contributed by atoms with Gasteiger partial charge in [0.05, 0.1) is 25.2 Å². The summed E-state index contributed by atoms with van der Waals surface area (Å²) in [4.78, 5) is 15.2. The predicted octanol–water partition coefficient (Wildman–Crippen LogP) is 3.63. The van der Waals surface area contributed by atoms with Crippen molar-refractivity contribution in [3.05, 3.63) is 54.0 Å². The normalized spacial score (nSPS) is 11.2. The van der Waals surface area contributed by atoms with E-state index in [2.05, 4.69) is 25.4 Å². The van der Waals surface area contributed by atoms with Crippen molar-refractivity contribution in [2.24, 2.45) is 7.05 Å². The molecule has 10 heteroatoms. The highest BCUT2D eigenvalue weighted by atomic mass is 19.1. The molecule has 0 spiro atoms. The zero-order valence-corrected chi connectivity index (χ0v) is 18.9. The first-order valence-electron chi connectivity index (χ1n) is 10.6. The van der Waals surface area contributed by atoms with Gasteiger partial charge in [-0.2, -0.15) is 5.10 Å². The van der Waals surface area contributed by atoms with Gasteiger partial charge in [0.1, 0.15) is 17.0 Å². The first kappa shape index (κ1) is 22.5. The van der Waals surface area contributed by atoms with E-state index in [4.69, 9.17) is 4.74 Å². The van der Waals surface area contributed by atoms with Gasteiger partial charge in [-0.1, -0.05) is 6.92 Å². The molecule has 3 aromatic heterocycles. The average Bonchev–Trinajstić information content (AvgIpc) is 3.27. The number of anilines is 2. The molecule has 4 rings (SSSR count). The molecule has 0 aliphatic carbocycles. The number of methoxy groups -OCH3 is 1. The van der Waals surface area contributed by atoms with E-state index in [0.29, 0.717) is 41.2 Å². The number of nitrogens with one attached hydrogen (secondary N) is 1. The molecule has 4 aromatic rings. The highest BCUT2D eigenvalue weighted by Gasteiger charge is 2.25. The molecule has 0 amide bonds. The lowest BCUT2D eigenvalue weighted by Gasteiger charge is -2.26. The minimum Gasteiger partial charge on any atom is -0.494 e. The van der Waals surface area contributed by atoms with Crippen molar-refractivity contribution < 1.29 is 13.5 Å². The van der Waals surface area contributed by atoms with E-state index in [-0.39, 0.29) is 18.0 Å². The standard InChI is InChI=1S/C23H25F2N7O/c1-5-14-10-18(33-4)21(25)22(20(14)24)32(9-8-26-2)19-7-6-16-23(30-19)29-17(12-27-16)15-11-28-31(3)13-15/h6-7,10-13,26H,5,8-9H2,1-4H3. The molecule has 3 heterocycles. The number of benzene rings is 1. The third-order valence-corrected chi connectivity index (χ3v) is 5.34. The molecule has 1 N–H and O–H groups in total. The maximum atomic E-state index is 15.4. The number of nitrogens with zero attached hydrogens (tertiary/aromatic N) is 6. The molecule has 8 nitrogen and oxygen atoms in total.